The molecule has 0 unspecified atom stereocenters. The highest BCUT2D eigenvalue weighted by Crippen LogP contribution is 2.40. The number of rotatable bonds is 6. The highest BCUT2D eigenvalue weighted by molar-refractivity contribution is 5.54. The van der Waals surface area contributed by atoms with E-state index in [9.17, 15) is 0 Å². The van der Waals surface area contributed by atoms with E-state index in [1.807, 2.05) is 24.4 Å². The number of nitrogens with zero attached hydrogens (tertiary/aromatic N) is 1. The van der Waals surface area contributed by atoms with Crippen molar-refractivity contribution >= 4 is 0 Å². The summed E-state index contributed by atoms with van der Waals surface area (Å²) < 4.78 is 17.0. The lowest BCUT2D eigenvalue weighted by atomic mass is 9.98. The van der Waals surface area contributed by atoms with Crippen LogP contribution in [0.5, 0.6) is 17.2 Å². The summed E-state index contributed by atoms with van der Waals surface area (Å²) in [5.41, 5.74) is 4.63. The Kier molecular flexibility index (Phi) is 5.44. The molecule has 0 saturated heterocycles. The molecule has 2 aromatic carbocycles. The van der Waals surface area contributed by atoms with E-state index in [4.69, 9.17) is 14.2 Å². The summed E-state index contributed by atoms with van der Waals surface area (Å²) in [5.74, 6) is 2.11. The van der Waals surface area contributed by atoms with Crippen LogP contribution in [0.2, 0.25) is 0 Å². The fourth-order valence-corrected chi connectivity index (χ4v) is 3.38. The monoisotopic (exact) mass is 376 g/mol. The number of aromatic nitrogens is 1. The van der Waals surface area contributed by atoms with Crippen LogP contribution in [0.25, 0.3) is 0 Å². The minimum Gasteiger partial charge on any atom is -0.493 e. The minimum absolute atomic E-state index is 0.0356. The minimum atomic E-state index is 0.0356. The lowest BCUT2D eigenvalue weighted by molar-refractivity contribution is 0.165. The number of fused-ring (bicyclic) bond motifs is 1. The van der Waals surface area contributed by atoms with E-state index >= 15 is 0 Å². The van der Waals surface area contributed by atoms with Crippen LogP contribution in [0.1, 0.15) is 28.3 Å². The van der Waals surface area contributed by atoms with Crippen LogP contribution in [-0.4, -0.2) is 25.3 Å². The predicted molar refractivity (Wildman–Crippen MR) is 108 cm³/mol. The van der Waals surface area contributed by atoms with Gasteiger partial charge in [-0.2, -0.15) is 0 Å². The maximum Gasteiger partial charge on any atom is 0.203 e. The van der Waals surface area contributed by atoms with Gasteiger partial charge in [0.1, 0.15) is 13.2 Å². The van der Waals surface area contributed by atoms with E-state index in [2.05, 4.69) is 47.6 Å². The van der Waals surface area contributed by atoms with E-state index < -0.39 is 0 Å². The molecule has 28 heavy (non-hydrogen) atoms. The zero-order valence-electron chi connectivity index (χ0n) is 16.1. The van der Waals surface area contributed by atoms with Gasteiger partial charge in [0, 0.05) is 18.9 Å². The van der Waals surface area contributed by atoms with Gasteiger partial charge in [0.25, 0.3) is 0 Å². The van der Waals surface area contributed by atoms with Crippen LogP contribution in [0.3, 0.4) is 0 Å². The summed E-state index contributed by atoms with van der Waals surface area (Å²) in [6.45, 7) is 3.84. The van der Waals surface area contributed by atoms with Crippen LogP contribution in [-0.2, 0) is 6.54 Å². The number of hydrogen-bond donors (Lipinski definition) is 1. The van der Waals surface area contributed by atoms with Gasteiger partial charge in [-0.3, -0.25) is 4.98 Å². The molecule has 0 amide bonds. The molecule has 0 fully saturated rings. The lowest BCUT2D eigenvalue weighted by Gasteiger charge is -2.23. The van der Waals surface area contributed by atoms with Crippen LogP contribution in [0, 0.1) is 6.92 Å². The third-order valence-electron chi connectivity index (χ3n) is 4.83. The first kappa shape index (κ1) is 18.3. The molecule has 1 N–H and O–H groups in total. The average molecular weight is 376 g/mol. The standard InChI is InChI=1S/C23H24N2O3/c1-16-5-7-18(8-6-16)22(19-4-3-9-24-15-19)25-14-17-12-20(26-2)23-21(13-17)27-10-11-28-23/h3-9,12-13,15,22,25H,10-11,14H2,1-2H3/t22-/m1/s1. The summed E-state index contributed by atoms with van der Waals surface area (Å²) in [5, 5.41) is 3.65. The van der Waals surface area contributed by atoms with Gasteiger partial charge in [-0.25, -0.2) is 0 Å². The second-order valence-corrected chi connectivity index (χ2v) is 6.83. The number of benzene rings is 2. The highest BCUT2D eigenvalue weighted by atomic mass is 16.6. The van der Waals surface area contributed by atoms with E-state index in [1.54, 1.807) is 13.3 Å². The summed E-state index contributed by atoms with van der Waals surface area (Å²) >= 11 is 0. The molecule has 144 valence electrons. The van der Waals surface area contributed by atoms with Gasteiger partial charge in [-0.15, -0.1) is 0 Å². The van der Waals surface area contributed by atoms with Crippen molar-refractivity contribution in [3.63, 3.8) is 0 Å². The lowest BCUT2D eigenvalue weighted by Crippen LogP contribution is -2.22. The van der Waals surface area contributed by atoms with E-state index in [0.29, 0.717) is 31.3 Å². The maximum absolute atomic E-state index is 5.75. The zero-order chi connectivity index (χ0) is 19.3. The third kappa shape index (κ3) is 3.94. The van der Waals surface area contributed by atoms with Crippen molar-refractivity contribution < 1.29 is 14.2 Å². The summed E-state index contributed by atoms with van der Waals surface area (Å²) in [6, 6.07) is 16.7. The van der Waals surface area contributed by atoms with Gasteiger partial charge in [0.05, 0.1) is 13.2 Å². The molecule has 1 atom stereocenters. The molecule has 1 aromatic heterocycles. The molecule has 0 bridgehead atoms. The van der Waals surface area contributed by atoms with Crippen molar-refractivity contribution in [3.8, 4) is 17.2 Å². The number of hydrogen-bond acceptors (Lipinski definition) is 5. The predicted octanol–water partition coefficient (Wildman–Crippen LogP) is 4.05. The molecular weight excluding hydrogens is 352 g/mol. The molecule has 1 aliphatic heterocycles. The molecule has 2 heterocycles. The van der Waals surface area contributed by atoms with Crippen LogP contribution < -0.4 is 19.5 Å². The smallest absolute Gasteiger partial charge is 0.203 e. The van der Waals surface area contributed by atoms with Crippen molar-refractivity contribution in [2.24, 2.45) is 0 Å². The molecule has 0 radical (unpaired) electrons. The number of ether oxygens (including phenoxy) is 3. The normalized spacial score (nSPS) is 13.8. The van der Waals surface area contributed by atoms with Crippen LogP contribution >= 0.6 is 0 Å². The van der Waals surface area contributed by atoms with Crippen molar-refractivity contribution in [1.29, 1.82) is 0 Å². The van der Waals surface area contributed by atoms with Gasteiger partial charge in [-0.05, 0) is 41.8 Å². The van der Waals surface area contributed by atoms with Crippen molar-refractivity contribution in [2.45, 2.75) is 19.5 Å². The molecule has 0 spiro atoms. The maximum atomic E-state index is 5.75. The van der Waals surface area contributed by atoms with E-state index in [1.165, 1.54) is 11.1 Å². The number of methoxy groups -OCH3 is 1. The first-order valence-corrected chi connectivity index (χ1v) is 9.41. The Morgan fingerprint density at radius 3 is 2.64 bits per heavy atom. The Labute approximate surface area is 165 Å². The van der Waals surface area contributed by atoms with Gasteiger partial charge < -0.3 is 19.5 Å². The Bertz CT molecular complexity index is 909. The Balaban J connectivity index is 1.60. The first-order valence-electron chi connectivity index (χ1n) is 9.41. The molecule has 5 nitrogen and oxygen atoms in total. The third-order valence-corrected chi connectivity index (χ3v) is 4.83. The molecule has 3 aromatic rings. The van der Waals surface area contributed by atoms with Crippen LogP contribution in [0.4, 0.5) is 0 Å². The Morgan fingerprint density at radius 1 is 1.07 bits per heavy atom. The second kappa shape index (κ2) is 8.31. The molecule has 4 rings (SSSR count). The van der Waals surface area contributed by atoms with Gasteiger partial charge >= 0.3 is 0 Å². The number of pyridine rings is 1. The quantitative estimate of drug-likeness (QED) is 0.703. The Morgan fingerprint density at radius 2 is 1.89 bits per heavy atom. The van der Waals surface area contributed by atoms with Crippen molar-refractivity contribution in [2.75, 3.05) is 20.3 Å². The van der Waals surface area contributed by atoms with Gasteiger partial charge in [-0.1, -0.05) is 35.9 Å². The second-order valence-electron chi connectivity index (χ2n) is 6.83. The Hall–Kier alpha value is -3.05. The van der Waals surface area contributed by atoms with Gasteiger partial charge in [0.2, 0.25) is 5.75 Å². The van der Waals surface area contributed by atoms with Gasteiger partial charge in [0.15, 0.2) is 11.5 Å². The fraction of sp³-hybridized carbons (Fsp3) is 0.261. The van der Waals surface area contributed by atoms with Crippen LogP contribution in [0.15, 0.2) is 60.9 Å². The van der Waals surface area contributed by atoms with E-state index in [0.717, 1.165) is 16.9 Å². The highest BCUT2D eigenvalue weighted by Gasteiger charge is 2.19. The largest absolute Gasteiger partial charge is 0.493 e. The number of aryl methyl sites for hydroxylation is 1. The average Bonchev–Trinajstić information content (AvgIpc) is 2.75. The SMILES string of the molecule is COc1cc(CN[C@H](c2ccc(C)cc2)c2cccnc2)cc2c1OCCO2. The molecular formula is C23H24N2O3. The van der Waals surface area contributed by atoms with E-state index in [-0.39, 0.29) is 6.04 Å². The molecule has 0 aliphatic carbocycles. The molecule has 1 aliphatic rings. The molecule has 5 heteroatoms. The fourth-order valence-electron chi connectivity index (χ4n) is 3.38. The van der Waals surface area contributed by atoms with Crippen molar-refractivity contribution in [1.82, 2.24) is 10.3 Å². The summed E-state index contributed by atoms with van der Waals surface area (Å²) in [7, 11) is 1.65. The zero-order valence-corrected chi connectivity index (χ0v) is 16.1. The summed E-state index contributed by atoms with van der Waals surface area (Å²) in [6.07, 6.45) is 3.70. The van der Waals surface area contributed by atoms with Crippen molar-refractivity contribution in [3.05, 3.63) is 83.2 Å². The topological polar surface area (TPSA) is 52.6 Å². The number of nitrogens with one attached hydrogen (secondary N) is 1. The summed E-state index contributed by atoms with van der Waals surface area (Å²) in [4.78, 5) is 4.29. The first-order chi connectivity index (χ1) is 13.7. The molecule has 0 saturated carbocycles.